The first-order valence-electron chi connectivity index (χ1n) is 9.89. The summed E-state index contributed by atoms with van der Waals surface area (Å²) in [7, 11) is 1.91. The summed E-state index contributed by atoms with van der Waals surface area (Å²) < 4.78 is 5.69. The molecule has 3 rings (SSSR count). The van der Waals surface area contributed by atoms with Crippen molar-refractivity contribution in [2.45, 2.75) is 43.8 Å². The van der Waals surface area contributed by atoms with Gasteiger partial charge >= 0.3 is 0 Å². The van der Waals surface area contributed by atoms with Crippen LogP contribution in [0.1, 0.15) is 37.3 Å². The summed E-state index contributed by atoms with van der Waals surface area (Å²) in [5.41, 5.74) is 2.98. The predicted molar refractivity (Wildman–Crippen MR) is 112 cm³/mol. The maximum absolute atomic E-state index is 5.69. The number of hydrogen-bond acceptors (Lipinski definition) is 3. The Hall–Kier alpha value is -1.20. The zero-order valence-electron chi connectivity index (χ0n) is 16.5. The fraction of sp³-hybridized carbons (Fsp3) is 0.667. The number of hydrogen-bond donors (Lipinski definition) is 1. The van der Waals surface area contributed by atoms with Gasteiger partial charge in [0.25, 0.3) is 0 Å². The van der Waals surface area contributed by atoms with Crippen LogP contribution >= 0.6 is 11.8 Å². The molecular weight excluding hydrogens is 342 g/mol. The van der Waals surface area contributed by atoms with Crippen LogP contribution in [0.4, 0.5) is 0 Å². The predicted octanol–water partition coefficient (Wildman–Crippen LogP) is 3.45. The maximum Gasteiger partial charge on any atom is 0.193 e. The Labute approximate surface area is 162 Å². The fourth-order valence-electron chi connectivity index (χ4n) is 4.21. The van der Waals surface area contributed by atoms with Crippen LogP contribution in [0.2, 0.25) is 0 Å². The van der Waals surface area contributed by atoms with Crippen LogP contribution in [-0.2, 0) is 10.2 Å². The van der Waals surface area contributed by atoms with E-state index in [4.69, 9.17) is 4.74 Å². The highest BCUT2D eigenvalue weighted by Crippen LogP contribution is 2.36. The van der Waals surface area contributed by atoms with Crippen molar-refractivity contribution in [1.29, 1.82) is 0 Å². The Morgan fingerprint density at radius 3 is 2.81 bits per heavy atom. The SMILES string of the molecule is CCC1CN(C(=NC)NCC2(c3ccccc3C)CCOCC2)CCS1. The van der Waals surface area contributed by atoms with Gasteiger partial charge in [-0.3, -0.25) is 4.99 Å². The molecule has 0 saturated carbocycles. The van der Waals surface area contributed by atoms with E-state index in [0.717, 1.165) is 56.9 Å². The van der Waals surface area contributed by atoms with Gasteiger partial charge in [-0.1, -0.05) is 31.2 Å². The lowest BCUT2D eigenvalue weighted by atomic mass is 9.72. The van der Waals surface area contributed by atoms with Crippen LogP contribution in [0.5, 0.6) is 0 Å². The van der Waals surface area contributed by atoms with E-state index in [9.17, 15) is 0 Å². The quantitative estimate of drug-likeness (QED) is 0.646. The van der Waals surface area contributed by atoms with Gasteiger partial charge in [0, 0.05) is 56.3 Å². The number of nitrogens with zero attached hydrogens (tertiary/aromatic N) is 2. The van der Waals surface area contributed by atoms with E-state index in [1.165, 1.54) is 23.3 Å². The van der Waals surface area contributed by atoms with E-state index in [2.05, 4.69) is 65.1 Å². The minimum atomic E-state index is 0.133. The van der Waals surface area contributed by atoms with Crippen molar-refractivity contribution in [2.75, 3.05) is 45.6 Å². The van der Waals surface area contributed by atoms with Gasteiger partial charge in [-0.25, -0.2) is 0 Å². The molecule has 2 fully saturated rings. The third kappa shape index (κ3) is 4.37. The molecule has 0 spiro atoms. The molecule has 1 aromatic rings. The molecule has 26 heavy (non-hydrogen) atoms. The summed E-state index contributed by atoms with van der Waals surface area (Å²) in [6.45, 7) is 9.30. The Bertz CT molecular complexity index is 613. The van der Waals surface area contributed by atoms with Gasteiger partial charge in [-0.15, -0.1) is 0 Å². The fourth-order valence-corrected chi connectivity index (χ4v) is 5.39. The summed E-state index contributed by atoms with van der Waals surface area (Å²) in [4.78, 5) is 7.04. The molecule has 0 bridgehead atoms. The van der Waals surface area contributed by atoms with Gasteiger partial charge in [0.1, 0.15) is 0 Å². The molecule has 5 heteroatoms. The highest BCUT2D eigenvalue weighted by molar-refractivity contribution is 8.00. The van der Waals surface area contributed by atoms with Crippen molar-refractivity contribution in [3.05, 3.63) is 35.4 Å². The standard InChI is InChI=1S/C21H33N3OS/c1-4-18-15-24(11-14-26-18)20(22-3)23-16-21(9-12-25-13-10-21)19-8-6-5-7-17(19)2/h5-8,18H,4,9-16H2,1-3H3,(H,22,23). The Morgan fingerprint density at radius 1 is 1.35 bits per heavy atom. The van der Waals surface area contributed by atoms with E-state index in [-0.39, 0.29) is 5.41 Å². The summed E-state index contributed by atoms with van der Waals surface area (Å²) in [6.07, 6.45) is 3.35. The number of thioether (sulfide) groups is 1. The van der Waals surface area contributed by atoms with E-state index in [0.29, 0.717) is 0 Å². The van der Waals surface area contributed by atoms with Gasteiger partial charge in [-0.05, 0) is 37.3 Å². The second-order valence-corrected chi connectivity index (χ2v) is 8.86. The number of ether oxygens (including phenoxy) is 1. The molecule has 0 aromatic heterocycles. The first-order chi connectivity index (χ1) is 12.7. The largest absolute Gasteiger partial charge is 0.381 e. The first-order valence-corrected chi connectivity index (χ1v) is 10.9. The highest BCUT2D eigenvalue weighted by Gasteiger charge is 2.36. The molecule has 0 amide bonds. The van der Waals surface area contributed by atoms with Gasteiger partial charge in [0.05, 0.1) is 0 Å². The average Bonchev–Trinajstić information content (AvgIpc) is 2.69. The second-order valence-electron chi connectivity index (χ2n) is 7.46. The van der Waals surface area contributed by atoms with Crippen LogP contribution in [0.25, 0.3) is 0 Å². The zero-order chi connectivity index (χ0) is 18.4. The van der Waals surface area contributed by atoms with Gasteiger partial charge in [-0.2, -0.15) is 11.8 Å². The summed E-state index contributed by atoms with van der Waals surface area (Å²) in [5.74, 6) is 2.25. The lowest BCUT2D eigenvalue weighted by molar-refractivity contribution is 0.0509. The number of guanidine groups is 1. The summed E-state index contributed by atoms with van der Waals surface area (Å²) >= 11 is 2.10. The second kappa shape index (κ2) is 9.14. The van der Waals surface area contributed by atoms with Gasteiger partial charge in [0.2, 0.25) is 0 Å². The molecular formula is C21H33N3OS. The molecule has 2 saturated heterocycles. The molecule has 144 valence electrons. The van der Waals surface area contributed by atoms with Crippen molar-refractivity contribution < 1.29 is 4.74 Å². The van der Waals surface area contributed by atoms with Crippen molar-refractivity contribution in [1.82, 2.24) is 10.2 Å². The first kappa shape index (κ1) is 19.6. The van der Waals surface area contributed by atoms with Crippen molar-refractivity contribution in [3.63, 3.8) is 0 Å². The highest BCUT2D eigenvalue weighted by atomic mass is 32.2. The van der Waals surface area contributed by atoms with E-state index >= 15 is 0 Å². The van der Waals surface area contributed by atoms with Crippen LogP contribution < -0.4 is 5.32 Å². The summed E-state index contributed by atoms with van der Waals surface area (Å²) in [6, 6.07) is 8.83. The van der Waals surface area contributed by atoms with Crippen molar-refractivity contribution >= 4 is 17.7 Å². The van der Waals surface area contributed by atoms with Gasteiger partial charge in [0.15, 0.2) is 5.96 Å². The molecule has 1 unspecified atom stereocenters. The lowest BCUT2D eigenvalue weighted by Gasteiger charge is -2.41. The molecule has 1 atom stereocenters. The van der Waals surface area contributed by atoms with E-state index in [1.807, 2.05) is 7.05 Å². The Balaban J connectivity index is 1.74. The molecule has 2 heterocycles. The van der Waals surface area contributed by atoms with E-state index in [1.54, 1.807) is 0 Å². The van der Waals surface area contributed by atoms with Gasteiger partial charge < -0.3 is 15.0 Å². The Kier molecular flexibility index (Phi) is 6.87. The molecule has 4 nitrogen and oxygen atoms in total. The number of benzene rings is 1. The number of nitrogens with one attached hydrogen (secondary N) is 1. The summed E-state index contributed by atoms with van der Waals surface area (Å²) in [5, 5.41) is 4.45. The minimum absolute atomic E-state index is 0.133. The van der Waals surface area contributed by atoms with E-state index < -0.39 is 0 Å². The molecule has 1 N–H and O–H groups in total. The molecule has 1 aromatic carbocycles. The maximum atomic E-state index is 5.69. The Morgan fingerprint density at radius 2 is 2.12 bits per heavy atom. The average molecular weight is 376 g/mol. The number of rotatable bonds is 4. The zero-order valence-corrected chi connectivity index (χ0v) is 17.3. The third-order valence-corrected chi connectivity index (χ3v) is 7.23. The van der Waals surface area contributed by atoms with Crippen LogP contribution in [0.15, 0.2) is 29.3 Å². The number of aliphatic imine (C=N–C) groups is 1. The third-order valence-electron chi connectivity index (χ3n) is 5.86. The smallest absolute Gasteiger partial charge is 0.193 e. The molecule has 2 aliphatic rings. The minimum Gasteiger partial charge on any atom is -0.381 e. The lowest BCUT2D eigenvalue weighted by Crippen LogP contribution is -2.52. The van der Waals surface area contributed by atoms with Crippen LogP contribution in [0.3, 0.4) is 0 Å². The topological polar surface area (TPSA) is 36.9 Å². The van der Waals surface area contributed by atoms with Crippen LogP contribution in [0, 0.1) is 6.92 Å². The number of aryl methyl sites for hydroxylation is 1. The normalized spacial score (nSPS) is 23.7. The monoisotopic (exact) mass is 375 g/mol. The van der Waals surface area contributed by atoms with Crippen LogP contribution in [-0.4, -0.2) is 61.8 Å². The molecule has 2 aliphatic heterocycles. The van der Waals surface area contributed by atoms with Crippen molar-refractivity contribution in [2.24, 2.45) is 4.99 Å². The van der Waals surface area contributed by atoms with Crippen molar-refractivity contribution in [3.8, 4) is 0 Å². The molecule has 0 aliphatic carbocycles. The molecule has 0 radical (unpaired) electrons.